The van der Waals surface area contributed by atoms with E-state index in [1.165, 1.54) is 5.39 Å². The summed E-state index contributed by atoms with van der Waals surface area (Å²) in [6.45, 7) is 0. The number of fused-ring (bicyclic) bond motifs is 4. The molecule has 0 spiro atoms. The standard InChI is InChI=1S/C36H24N4/c1-3-12-27(13-4-1)35-34(33-24-23-25-11-7-9-17-31(25)40(33)38-35)26-19-21-28(22-20-26)36-37-30-16-8-10-18-32(30)39(36)29-14-5-2-6-15-29/h1-24H. The maximum Gasteiger partial charge on any atom is 0.145 e. The van der Waals surface area contributed by atoms with Crippen LogP contribution in [-0.4, -0.2) is 19.2 Å². The lowest BCUT2D eigenvalue weighted by Gasteiger charge is -2.10. The first kappa shape index (κ1) is 22.5. The predicted molar refractivity (Wildman–Crippen MR) is 164 cm³/mol. The summed E-state index contributed by atoms with van der Waals surface area (Å²) in [5.41, 5.74) is 10.7. The van der Waals surface area contributed by atoms with E-state index in [0.717, 1.165) is 61.5 Å². The van der Waals surface area contributed by atoms with Crippen LogP contribution in [0.25, 0.3) is 66.9 Å². The van der Waals surface area contributed by atoms with Gasteiger partial charge in [0.15, 0.2) is 0 Å². The molecule has 3 heterocycles. The predicted octanol–water partition coefficient (Wildman–Crippen LogP) is 8.83. The molecule has 0 saturated heterocycles. The Kier molecular flexibility index (Phi) is 5.10. The molecular formula is C36H24N4. The number of nitrogens with zero attached hydrogens (tertiary/aromatic N) is 4. The van der Waals surface area contributed by atoms with E-state index in [1.807, 2.05) is 18.2 Å². The summed E-state index contributed by atoms with van der Waals surface area (Å²) < 4.78 is 4.32. The van der Waals surface area contributed by atoms with Gasteiger partial charge in [0.1, 0.15) is 11.5 Å². The molecule has 4 nitrogen and oxygen atoms in total. The number of imidazole rings is 1. The molecule has 8 rings (SSSR count). The second-order valence-corrected chi connectivity index (χ2v) is 9.95. The Balaban J connectivity index is 1.33. The smallest absolute Gasteiger partial charge is 0.145 e. The van der Waals surface area contributed by atoms with E-state index in [1.54, 1.807) is 0 Å². The van der Waals surface area contributed by atoms with Gasteiger partial charge in [-0.25, -0.2) is 9.50 Å². The lowest BCUT2D eigenvalue weighted by Crippen LogP contribution is -1.97. The minimum atomic E-state index is 0.924. The Hall–Kier alpha value is -5.48. The highest BCUT2D eigenvalue weighted by Crippen LogP contribution is 2.38. The molecule has 0 fully saturated rings. The van der Waals surface area contributed by atoms with E-state index in [2.05, 4.69) is 136 Å². The van der Waals surface area contributed by atoms with Crippen LogP contribution < -0.4 is 0 Å². The van der Waals surface area contributed by atoms with Crippen LogP contribution in [0.5, 0.6) is 0 Å². The average Bonchev–Trinajstić information content (AvgIpc) is 3.62. The Labute approximate surface area is 231 Å². The number of benzene rings is 5. The third-order valence-electron chi connectivity index (χ3n) is 7.56. The maximum atomic E-state index is 5.15. The molecule has 5 aromatic carbocycles. The first-order valence-electron chi connectivity index (χ1n) is 13.4. The second-order valence-electron chi connectivity index (χ2n) is 9.95. The van der Waals surface area contributed by atoms with Gasteiger partial charge in [-0.15, -0.1) is 0 Å². The first-order valence-corrected chi connectivity index (χ1v) is 13.4. The number of para-hydroxylation sites is 4. The number of aromatic nitrogens is 4. The lowest BCUT2D eigenvalue weighted by atomic mass is 9.98. The van der Waals surface area contributed by atoms with Crippen LogP contribution in [0.4, 0.5) is 0 Å². The summed E-state index contributed by atoms with van der Waals surface area (Å²) in [7, 11) is 0. The van der Waals surface area contributed by atoms with Crippen molar-refractivity contribution in [2.75, 3.05) is 0 Å². The Bertz CT molecular complexity index is 2140. The van der Waals surface area contributed by atoms with Crippen molar-refractivity contribution in [3.05, 3.63) is 146 Å². The molecule has 0 unspecified atom stereocenters. The second kappa shape index (κ2) is 9.07. The van der Waals surface area contributed by atoms with Crippen molar-refractivity contribution in [3.8, 4) is 39.5 Å². The van der Waals surface area contributed by atoms with Gasteiger partial charge in [0, 0.05) is 27.8 Å². The SMILES string of the molecule is c1ccc(-c2nn3c(ccc4ccccc43)c2-c2ccc(-c3nc4ccccc4n3-c3ccccc3)cc2)cc1. The molecule has 0 amide bonds. The molecule has 0 radical (unpaired) electrons. The molecule has 40 heavy (non-hydrogen) atoms. The van der Waals surface area contributed by atoms with Gasteiger partial charge in [0.2, 0.25) is 0 Å². The molecule has 0 atom stereocenters. The normalized spacial score (nSPS) is 11.5. The third kappa shape index (κ3) is 3.54. The fourth-order valence-electron chi connectivity index (χ4n) is 5.69. The van der Waals surface area contributed by atoms with E-state index < -0.39 is 0 Å². The van der Waals surface area contributed by atoms with Crippen LogP contribution in [-0.2, 0) is 0 Å². The van der Waals surface area contributed by atoms with Crippen LogP contribution >= 0.6 is 0 Å². The molecule has 0 aliphatic heterocycles. The number of rotatable bonds is 4. The number of pyridine rings is 1. The fourth-order valence-corrected chi connectivity index (χ4v) is 5.69. The molecule has 0 N–H and O–H groups in total. The summed E-state index contributed by atoms with van der Waals surface area (Å²) in [6, 6.07) is 50.7. The highest BCUT2D eigenvalue weighted by Gasteiger charge is 2.19. The minimum Gasteiger partial charge on any atom is -0.292 e. The van der Waals surface area contributed by atoms with Gasteiger partial charge in [-0.05, 0) is 42.0 Å². The molecule has 8 aromatic rings. The van der Waals surface area contributed by atoms with Crippen LogP contribution in [0, 0.1) is 0 Å². The monoisotopic (exact) mass is 512 g/mol. The molecule has 188 valence electrons. The quantitative estimate of drug-likeness (QED) is 0.236. The van der Waals surface area contributed by atoms with Crippen LogP contribution in [0.2, 0.25) is 0 Å². The van der Waals surface area contributed by atoms with Crippen molar-refractivity contribution in [3.63, 3.8) is 0 Å². The van der Waals surface area contributed by atoms with Crippen LogP contribution in [0.15, 0.2) is 146 Å². The zero-order valence-electron chi connectivity index (χ0n) is 21.6. The Morgan fingerprint density at radius 2 is 1.10 bits per heavy atom. The van der Waals surface area contributed by atoms with Gasteiger partial charge in [-0.3, -0.25) is 4.57 Å². The topological polar surface area (TPSA) is 35.1 Å². The van der Waals surface area contributed by atoms with Gasteiger partial charge in [-0.1, -0.05) is 109 Å². The number of hydrogen-bond acceptors (Lipinski definition) is 2. The zero-order valence-corrected chi connectivity index (χ0v) is 21.6. The van der Waals surface area contributed by atoms with Gasteiger partial charge >= 0.3 is 0 Å². The molecule has 0 saturated carbocycles. The Morgan fingerprint density at radius 3 is 1.90 bits per heavy atom. The highest BCUT2D eigenvalue weighted by atomic mass is 15.2. The third-order valence-corrected chi connectivity index (χ3v) is 7.56. The van der Waals surface area contributed by atoms with Gasteiger partial charge < -0.3 is 0 Å². The van der Waals surface area contributed by atoms with Gasteiger partial charge in [-0.2, -0.15) is 5.10 Å². The van der Waals surface area contributed by atoms with E-state index in [9.17, 15) is 0 Å². The summed E-state index contributed by atoms with van der Waals surface area (Å²) in [5.74, 6) is 0.924. The van der Waals surface area contributed by atoms with E-state index in [4.69, 9.17) is 10.1 Å². The summed E-state index contributed by atoms with van der Waals surface area (Å²) >= 11 is 0. The van der Waals surface area contributed by atoms with E-state index in [-0.39, 0.29) is 0 Å². The van der Waals surface area contributed by atoms with Crippen LogP contribution in [0.1, 0.15) is 0 Å². The van der Waals surface area contributed by atoms with Crippen molar-refractivity contribution in [1.82, 2.24) is 19.2 Å². The average molecular weight is 513 g/mol. The first-order chi connectivity index (χ1) is 19.8. The van der Waals surface area contributed by atoms with Crippen molar-refractivity contribution in [2.45, 2.75) is 0 Å². The molecule has 4 heteroatoms. The maximum absolute atomic E-state index is 5.15. The largest absolute Gasteiger partial charge is 0.292 e. The summed E-state index contributed by atoms with van der Waals surface area (Å²) in [4.78, 5) is 5.05. The summed E-state index contributed by atoms with van der Waals surface area (Å²) in [5, 5.41) is 6.32. The van der Waals surface area contributed by atoms with E-state index >= 15 is 0 Å². The molecule has 0 bridgehead atoms. The van der Waals surface area contributed by atoms with Crippen LogP contribution in [0.3, 0.4) is 0 Å². The van der Waals surface area contributed by atoms with Crippen molar-refractivity contribution >= 4 is 27.5 Å². The minimum absolute atomic E-state index is 0.924. The van der Waals surface area contributed by atoms with Crippen molar-refractivity contribution < 1.29 is 0 Å². The highest BCUT2D eigenvalue weighted by molar-refractivity contribution is 5.96. The van der Waals surface area contributed by atoms with E-state index in [0.29, 0.717) is 0 Å². The van der Waals surface area contributed by atoms with Gasteiger partial charge in [0.05, 0.1) is 22.1 Å². The molecule has 0 aliphatic carbocycles. The van der Waals surface area contributed by atoms with Gasteiger partial charge in [0.25, 0.3) is 0 Å². The number of hydrogen-bond donors (Lipinski definition) is 0. The molecular weight excluding hydrogens is 488 g/mol. The fraction of sp³-hybridized carbons (Fsp3) is 0. The zero-order chi connectivity index (χ0) is 26.5. The molecule has 0 aliphatic rings. The van der Waals surface area contributed by atoms with Crippen molar-refractivity contribution in [2.24, 2.45) is 0 Å². The summed E-state index contributed by atoms with van der Waals surface area (Å²) in [6.07, 6.45) is 0. The Morgan fingerprint density at radius 1 is 0.450 bits per heavy atom. The van der Waals surface area contributed by atoms with Crippen molar-refractivity contribution in [1.29, 1.82) is 0 Å². The molecule has 3 aromatic heterocycles. The lowest BCUT2D eigenvalue weighted by molar-refractivity contribution is 1.01.